The van der Waals surface area contributed by atoms with Crippen molar-refractivity contribution in [2.75, 3.05) is 0 Å². The second kappa shape index (κ2) is 2.95. The quantitative estimate of drug-likeness (QED) is 0.650. The van der Waals surface area contributed by atoms with Crippen LogP contribution < -0.4 is 0 Å². The molecule has 3 rings (SSSR count). The molecule has 2 heterocycles. The van der Waals surface area contributed by atoms with Crippen molar-refractivity contribution < 1.29 is 0 Å². The topological polar surface area (TPSA) is 46.0 Å². The lowest BCUT2D eigenvalue weighted by Crippen LogP contribution is -1.87. The van der Waals surface area contributed by atoms with Gasteiger partial charge in [0.1, 0.15) is 0 Å². The number of fused-ring (bicyclic) bond motifs is 1. The van der Waals surface area contributed by atoms with Crippen LogP contribution in [0.3, 0.4) is 0 Å². The van der Waals surface area contributed by atoms with Crippen molar-refractivity contribution in [2.45, 2.75) is 6.92 Å². The third kappa shape index (κ3) is 1.30. The highest BCUT2D eigenvalue weighted by Gasteiger charge is 2.05. The first-order chi connectivity index (χ1) is 7.33. The van der Waals surface area contributed by atoms with Gasteiger partial charge in [-0.3, -0.25) is 0 Å². The minimum atomic E-state index is 0.845. The van der Waals surface area contributed by atoms with Crippen molar-refractivity contribution in [3.63, 3.8) is 0 Å². The normalized spacial score (nSPS) is 11.0. The number of aromatic nitrogens is 4. The average molecular weight is 198 g/mol. The Morgan fingerprint density at radius 2 is 1.93 bits per heavy atom. The molecule has 0 atom stereocenters. The molecule has 15 heavy (non-hydrogen) atoms. The Hall–Kier alpha value is -2.10. The Balaban J connectivity index is 2.16. The van der Waals surface area contributed by atoms with Crippen molar-refractivity contribution in [3.8, 4) is 11.4 Å². The number of rotatable bonds is 1. The molecule has 0 aliphatic heterocycles. The number of hydrogen-bond acceptors (Lipinski definition) is 2. The van der Waals surface area contributed by atoms with Gasteiger partial charge in [-0.25, -0.2) is 0 Å². The molecular formula is C11H10N4. The second-order valence-corrected chi connectivity index (χ2v) is 3.50. The summed E-state index contributed by atoms with van der Waals surface area (Å²) in [5.74, 6) is 0.845. The van der Waals surface area contributed by atoms with E-state index in [4.69, 9.17) is 0 Å². The van der Waals surface area contributed by atoms with Gasteiger partial charge in [0.2, 0.25) is 0 Å². The first-order valence-electron chi connectivity index (χ1n) is 4.81. The summed E-state index contributed by atoms with van der Waals surface area (Å²) < 4.78 is 1.62. The fourth-order valence-corrected chi connectivity index (χ4v) is 1.62. The third-order valence-corrected chi connectivity index (χ3v) is 2.30. The third-order valence-electron chi connectivity index (χ3n) is 2.30. The first kappa shape index (κ1) is 8.23. The maximum absolute atomic E-state index is 4.35. The molecule has 74 valence electrons. The van der Waals surface area contributed by atoms with Gasteiger partial charge in [0.15, 0.2) is 11.5 Å². The van der Waals surface area contributed by atoms with Gasteiger partial charge >= 0.3 is 0 Å². The predicted molar refractivity (Wildman–Crippen MR) is 57.5 cm³/mol. The van der Waals surface area contributed by atoms with E-state index in [1.807, 2.05) is 43.3 Å². The Kier molecular flexibility index (Phi) is 1.62. The molecule has 0 saturated carbocycles. The summed E-state index contributed by atoms with van der Waals surface area (Å²) in [7, 11) is 0. The van der Waals surface area contributed by atoms with Crippen LogP contribution in [0.2, 0.25) is 0 Å². The smallest absolute Gasteiger partial charge is 0.161 e. The van der Waals surface area contributed by atoms with Gasteiger partial charge in [-0.1, -0.05) is 30.3 Å². The van der Waals surface area contributed by atoms with E-state index in [0.717, 1.165) is 22.7 Å². The van der Waals surface area contributed by atoms with E-state index in [1.165, 1.54) is 0 Å². The summed E-state index contributed by atoms with van der Waals surface area (Å²) in [6, 6.07) is 12.0. The fraction of sp³-hybridized carbons (Fsp3) is 0.0909. The summed E-state index contributed by atoms with van der Waals surface area (Å²) in [6.07, 6.45) is 0. The standard InChI is InChI=1S/C11H10N4/c1-8-7-10-12-11(14-15(10)13-8)9-5-3-2-4-6-9/h2-7H,1H3,(H,12,14). The Morgan fingerprint density at radius 3 is 2.67 bits per heavy atom. The van der Waals surface area contributed by atoms with Crippen LogP contribution in [0.25, 0.3) is 17.0 Å². The number of aryl methyl sites for hydroxylation is 1. The lowest BCUT2D eigenvalue weighted by molar-refractivity contribution is 0.810. The molecule has 0 spiro atoms. The summed E-state index contributed by atoms with van der Waals surface area (Å²) in [4.78, 5) is 3.22. The summed E-state index contributed by atoms with van der Waals surface area (Å²) in [5.41, 5.74) is 2.96. The van der Waals surface area contributed by atoms with Gasteiger partial charge in [0.05, 0.1) is 5.69 Å². The second-order valence-electron chi connectivity index (χ2n) is 3.50. The van der Waals surface area contributed by atoms with E-state index in [1.54, 1.807) is 4.63 Å². The van der Waals surface area contributed by atoms with Gasteiger partial charge in [-0.05, 0) is 6.92 Å². The van der Waals surface area contributed by atoms with E-state index < -0.39 is 0 Å². The lowest BCUT2D eigenvalue weighted by atomic mass is 10.2. The maximum Gasteiger partial charge on any atom is 0.161 e. The SMILES string of the molecule is Cc1cc2[nH]c(-c3ccccc3)nn2n1. The molecule has 0 unspecified atom stereocenters. The summed E-state index contributed by atoms with van der Waals surface area (Å²) in [5, 5.41) is 8.59. The fourth-order valence-electron chi connectivity index (χ4n) is 1.62. The predicted octanol–water partition coefficient (Wildman–Crippen LogP) is 2.03. The molecule has 0 bridgehead atoms. The van der Waals surface area contributed by atoms with Crippen LogP contribution in [0.15, 0.2) is 36.4 Å². The highest BCUT2D eigenvalue weighted by atomic mass is 15.5. The molecule has 0 aliphatic rings. The molecule has 0 fully saturated rings. The van der Waals surface area contributed by atoms with E-state index in [-0.39, 0.29) is 0 Å². The minimum Gasteiger partial charge on any atom is -0.321 e. The molecule has 0 aliphatic carbocycles. The molecule has 0 amide bonds. The van der Waals surface area contributed by atoms with Crippen molar-refractivity contribution in [2.24, 2.45) is 0 Å². The van der Waals surface area contributed by atoms with Crippen LogP contribution in [0, 0.1) is 6.92 Å². The van der Waals surface area contributed by atoms with Crippen LogP contribution in [0.4, 0.5) is 0 Å². The van der Waals surface area contributed by atoms with Gasteiger partial charge < -0.3 is 4.98 Å². The number of H-pyrrole nitrogens is 1. The summed E-state index contributed by atoms with van der Waals surface area (Å²) in [6.45, 7) is 1.95. The number of nitrogens with zero attached hydrogens (tertiary/aromatic N) is 3. The highest BCUT2D eigenvalue weighted by Crippen LogP contribution is 2.15. The van der Waals surface area contributed by atoms with Crippen molar-refractivity contribution in [1.29, 1.82) is 0 Å². The zero-order valence-corrected chi connectivity index (χ0v) is 8.31. The zero-order chi connectivity index (χ0) is 10.3. The maximum atomic E-state index is 4.35. The number of hydrogen-bond donors (Lipinski definition) is 1. The minimum absolute atomic E-state index is 0.845. The molecule has 0 radical (unpaired) electrons. The van der Waals surface area contributed by atoms with Crippen molar-refractivity contribution in [3.05, 3.63) is 42.1 Å². The van der Waals surface area contributed by atoms with Crippen LogP contribution in [-0.2, 0) is 0 Å². The highest BCUT2D eigenvalue weighted by molar-refractivity contribution is 5.57. The Bertz CT molecular complexity index is 560. The molecule has 3 aromatic rings. The van der Waals surface area contributed by atoms with Gasteiger partial charge in [0, 0.05) is 11.6 Å². The van der Waals surface area contributed by atoms with Gasteiger partial charge in [-0.15, -0.1) is 9.73 Å². The van der Waals surface area contributed by atoms with Crippen LogP contribution >= 0.6 is 0 Å². The average Bonchev–Trinajstić information content (AvgIpc) is 2.76. The van der Waals surface area contributed by atoms with Crippen LogP contribution in [-0.4, -0.2) is 19.8 Å². The zero-order valence-electron chi connectivity index (χ0n) is 8.31. The van der Waals surface area contributed by atoms with E-state index in [0.29, 0.717) is 0 Å². The number of aromatic amines is 1. The van der Waals surface area contributed by atoms with Crippen molar-refractivity contribution in [1.82, 2.24) is 19.8 Å². The Morgan fingerprint density at radius 1 is 1.13 bits per heavy atom. The molecule has 1 aromatic carbocycles. The largest absolute Gasteiger partial charge is 0.321 e. The molecular weight excluding hydrogens is 188 g/mol. The van der Waals surface area contributed by atoms with E-state index in [2.05, 4.69) is 15.2 Å². The Labute approximate surface area is 86.6 Å². The number of nitrogens with one attached hydrogen (secondary N) is 1. The molecule has 4 nitrogen and oxygen atoms in total. The monoisotopic (exact) mass is 198 g/mol. The number of benzene rings is 1. The molecule has 4 heteroatoms. The molecule has 0 saturated heterocycles. The van der Waals surface area contributed by atoms with Gasteiger partial charge in [0.25, 0.3) is 0 Å². The van der Waals surface area contributed by atoms with E-state index >= 15 is 0 Å². The van der Waals surface area contributed by atoms with Gasteiger partial charge in [-0.2, -0.15) is 5.10 Å². The lowest BCUT2D eigenvalue weighted by Gasteiger charge is -1.92. The first-order valence-corrected chi connectivity index (χ1v) is 4.81. The van der Waals surface area contributed by atoms with E-state index in [9.17, 15) is 0 Å². The summed E-state index contributed by atoms with van der Waals surface area (Å²) >= 11 is 0. The molecule has 1 N–H and O–H groups in total. The van der Waals surface area contributed by atoms with Crippen LogP contribution in [0.5, 0.6) is 0 Å². The van der Waals surface area contributed by atoms with Crippen molar-refractivity contribution >= 4 is 5.65 Å². The van der Waals surface area contributed by atoms with Crippen LogP contribution in [0.1, 0.15) is 5.69 Å². The molecule has 2 aromatic heterocycles.